The van der Waals surface area contributed by atoms with E-state index in [1.807, 2.05) is 41.2 Å². The Labute approximate surface area is 164 Å². The first-order chi connectivity index (χ1) is 13.2. The van der Waals surface area contributed by atoms with E-state index >= 15 is 0 Å². The number of hydrogen-bond acceptors (Lipinski definition) is 3. The number of nitrogens with zero attached hydrogens (tertiary/aromatic N) is 3. The van der Waals surface area contributed by atoms with Gasteiger partial charge in [0.2, 0.25) is 0 Å². The molecule has 2 N–H and O–H groups in total. The van der Waals surface area contributed by atoms with Crippen LogP contribution >= 0.6 is 12.2 Å². The van der Waals surface area contributed by atoms with Gasteiger partial charge in [-0.15, -0.1) is 6.58 Å². The van der Waals surface area contributed by atoms with Crippen LogP contribution in [0.15, 0.2) is 78.6 Å². The van der Waals surface area contributed by atoms with Gasteiger partial charge in [0, 0.05) is 23.9 Å². The highest BCUT2D eigenvalue weighted by Crippen LogP contribution is 2.23. The largest absolute Gasteiger partial charge is 0.358 e. The van der Waals surface area contributed by atoms with Crippen molar-refractivity contribution in [3.8, 4) is 16.9 Å². The van der Waals surface area contributed by atoms with Crippen LogP contribution in [-0.2, 0) is 0 Å². The maximum atomic E-state index is 5.15. The Morgan fingerprint density at radius 1 is 1.19 bits per heavy atom. The molecule has 0 spiro atoms. The summed E-state index contributed by atoms with van der Waals surface area (Å²) >= 11 is 5.15. The van der Waals surface area contributed by atoms with Gasteiger partial charge in [0.1, 0.15) is 5.69 Å². The minimum Gasteiger partial charge on any atom is -0.358 e. The molecule has 0 atom stereocenters. The SMILES string of the molecule is C=CCNC(=S)NN=Cc1cn(-c2ccccc2)nc1-c1ccc(C)cc1. The molecule has 5 nitrogen and oxygen atoms in total. The van der Waals surface area contributed by atoms with Crippen LogP contribution in [0.25, 0.3) is 16.9 Å². The molecule has 0 amide bonds. The van der Waals surface area contributed by atoms with Gasteiger partial charge in [-0.25, -0.2) is 4.68 Å². The normalized spacial score (nSPS) is 10.7. The maximum absolute atomic E-state index is 5.15. The van der Waals surface area contributed by atoms with Gasteiger partial charge < -0.3 is 5.32 Å². The fourth-order valence-electron chi connectivity index (χ4n) is 2.50. The molecule has 27 heavy (non-hydrogen) atoms. The lowest BCUT2D eigenvalue weighted by molar-refractivity contribution is 0.884. The Balaban J connectivity index is 1.90. The van der Waals surface area contributed by atoms with Gasteiger partial charge in [0.15, 0.2) is 5.11 Å². The summed E-state index contributed by atoms with van der Waals surface area (Å²) in [6.45, 7) is 6.29. The zero-order valence-electron chi connectivity index (χ0n) is 15.1. The highest BCUT2D eigenvalue weighted by Gasteiger charge is 2.11. The number of aromatic nitrogens is 2. The number of aryl methyl sites for hydroxylation is 1. The van der Waals surface area contributed by atoms with Crippen molar-refractivity contribution in [1.82, 2.24) is 20.5 Å². The van der Waals surface area contributed by atoms with Crippen molar-refractivity contribution in [2.75, 3.05) is 6.54 Å². The molecule has 2 aromatic carbocycles. The molecule has 0 radical (unpaired) electrons. The smallest absolute Gasteiger partial charge is 0.187 e. The molecule has 3 rings (SSSR count). The van der Waals surface area contributed by atoms with E-state index in [2.05, 4.69) is 53.6 Å². The third kappa shape index (κ3) is 4.89. The third-order valence-corrected chi connectivity index (χ3v) is 4.10. The van der Waals surface area contributed by atoms with Crippen molar-refractivity contribution in [2.24, 2.45) is 5.10 Å². The second-order valence-electron chi connectivity index (χ2n) is 5.95. The molecule has 0 saturated carbocycles. The molecule has 0 aliphatic rings. The van der Waals surface area contributed by atoms with E-state index in [0.29, 0.717) is 11.7 Å². The van der Waals surface area contributed by atoms with Gasteiger partial charge in [-0.05, 0) is 31.3 Å². The van der Waals surface area contributed by atoms with Gasteiger partial charge in [-0.3, -0.25) is 5.43 Å². The van der Waals surface area contributed by atoms with Crippen molar-refractivity contribution in [1.29, 1.82) is 0 Å². The van der Waals surface area contributed by atoms with Gasteiger partial charge in [0.25, 0.3) is 0 Å². The average Bonchev–Trinajstić information content (AvgIpc) is 3.12. The highest BCUT2D eigenvalue weighted by atomic mass is 32.1. The van der Waals surface area contributed by atoms with Crippen LogP contribution in [0, 0.1) is 6.92 Å². The van der Waals surface area contributed by atoms with Gasteiger partial charge in [0.05, 0.1) is 11.9 Å². The van der Waals surface area contributed by atoms with Crippen molar-refractivity contribution in [2.45, 2.75) is 6.92 Å². The van der Waals surface area contributed by atoms with E-state index in [9.17, 15) is 0 Å². The van der Waals surface area contributed by atoms with Crippen molar-refractivity contribution in [3.05, 3.63) is 84.6 Å². The number of hydrogen-bond donors (Lipinski definition) is 2. The Bertz CT molecular complexity index is 942. The molecular formula is C21H21N5S. The highest BCUT2D eigenvalue weighted by molar-refractivity contribution is 7.80. The molecule has 0 saturated heterocycles. The lowest BCUT2D eigenvalue weighted by Crippen LogP contribution is -2.31. The predicted octanol–water partition coefficient (Wildman–Crippen LogP) is 3.83. The van der Waals surface area contributed by atoms with Crippen LogP contribution in [0.4, 0.5) is 0 Å². The fraction of sp³-hybridized carbons (Fsp3) is 0.0952. The number of nitrogens with one attached hydrogen (secondary N) is 2. The molecular weight excluding hydrogens is 354 g/mol. The van der Waals surface area contributed by atoms with Crippen molar-refractivity contribution >= 4 is 23.5 Å². The van der Waals surface area contributed by atoms with Gasteiger partial charge in [-0.1, -0.05) is 54.1 Å². The van der Waals surface area contributed by atoms with E-state index in [4.69, 9.17) is 17.3 Å². The minimum absolute atomic E-state index is 0.443. The Hall–Kier alpha value is -3.25. The lowest BCUT2D eigenvalue weighted by Gasteiger charge is -2.03. The van der Waals surface area contributed by atoms with Crippen molar-refractivity contribution < 1.29 is 0 Å². The van der Waals surface area contributed by atoms with Crippen LogP contribution in [0.3, 0.4) is 0 Å². The van der Waals surface area contributed by atoms with Crippen LogP contribution < -0.4 is 10.7 Å². The summed E-state index contributed by atoms with van der Waals surface area (Å²) in [5, 5.41) is 12.4. The summed E-state index contributed by atoms with van der Waals surface area (Å²) in [7, 11) is 0. The van der Waals surface area contributed by atoms with Crippen LogP contribution in [0.1, 0.15) is 11.1 Å². The average molecular weight is 376 g/mol. The molecule has 1 heterocycles. The summed E-state index contributed by atoms with van der Waals surface area (Å²) < 4.78 is 1.85. The number of hydrazone groups is 1. The molecule has 0 bridgehead atoms. The summed E-state index contributed by atoms with van der Waals surface area (Å²) in [6, 6.07) is 18.3. The molecule has 1 aromatic heterocycles. The van der Waals surface area contributed by atoms with Crippen LogP contribution in [-0.4, -0.2) is 27.7 Å². The van der Waals surface area contributed by atoms with E-state index in [0.717, 1.165) is 22.5 Å². The molecule has 0 aliphatic heterocycles. The number of rotatable bonds is 6. The van der Waals surface area contributed by atoms with E-state index in [1.165, 1.54) is 5.56 Å². The Morgan fingerprint density at radius 2 is 1.93 bits per heavy atom. The summed E-state index contributed by atoms with van der Waals surface area (Å²) in [5.41, 5.74) is 7.78. The van der Waals surface area contributed by atoms with Gasteiger partial charge in [-0.2, -0.15) is 10.2 Å². The second kappa shape index (κ2) is 8.91. The quantitative estimate of drug-likeness (QED) is 0.298. The summed E-state index contributed by atoms with van der Waals surface area (Å²) in [5.74, 6) is 0. The molecule has 0 fully saturated rings. The monoisotopic (exact) mass is 375 g/mol. The fourth-order valence-corrected chi connectivity index (χ4v) is 2.63. The van der Waals surface area contributed by atoms with E-state index < -0.39 is 0 Å². The molecule has 6 heteroatoms. The van der Waals surface area contributed by atoms with Crippen molar-refractivity contribution in [3.63, 3.8) is 0 Å². The number of thiocarbonyl (C=S) groups is 1. The second-order valence-corrected chi connectivity index (χ2v) is 6.36. The summed E-state index contributed by atoms with van der Waals surface area (Å²) in [4.78, 5) is 0. The minimum atomic E-state index is 0.443. The van der Waals surface area contributed by atoms with E-state index in [-0.39, 0.29) is 0 Å². The third-order valence-electron chi connectivity index (χ3n) is 3.86. The van der Waals surface area contributed by atoms with Gasteiger partial charge >= 0.3 is 0 Å². The molecule has 3 aromatic rings. The Morgan fingerprint density at radius 3 is 2.63 bits per heavy atom. The standard InChI is InChI=1S/C21H21N5S/c1-3-13-22-21(27)24-23-14-18-15-26(19-7-5-4-6-8-19)25-20(18)17-11-9-16(2)10-12-17/h3-12,14-15H,1,13H2,2H3,(H2,22,24,27). The Kier molecular flexibility index (Phi) is 6.12. The summed E-state index contributed by atoms with van der Waals surface area (Å²) in [6.07, 6.45) is 5.41. The lowest BCUT2D eigenvalue weighted by atomic mass is 10.1. The van der Waals surface area contributed by atoms with Crippen LogP contribution in [0.2, 0.25) is 0 Å². The number of benzene rings is 2. The molecule has 0 unspecified atom stereocenters. The molecule has 136 valence electrons. The van der Waals surface area contributed by atoms with Crippen LogP contribution in [0.5, 0.6) is 0 Å². The first kappa shape index (κ1) is 18.5. The van der Waals surface area contributed by atoms with E-state index in [1.54, 1.807) is 12.3 Å². The molecule has 0 aliphatic carbocycles. The first-order valence-electron chi connectivity index (χ1n) is 8.57. The zero-order chi connectivity index (χ0) is 19.1. The first-order valence-corrected chi connectivity index (χ1v) is 8.98. The maximum Gasteiger partial charge on any atom is 0.187 e. The topological polar surface area (TPSA) is 54.2 Å². The number of para-hydroxylation sites is 1. The predicted molar refractivity (Wildman–Crippen MR) is 115 cm³/mol. The zero-order valence-corrected chi connectivity index (χ0v) is 15.9.